The molecule has 0 spiro atoms. The first-order valence-corrected chi connectivity index (χ1v) is 18.2. The van der Waals surface area contributed by atoms with Gasteiger partial charge in [0.1, 0.15) is 0 Å². The van der Waals surface area contributed by atoms with Gasteiger partial charge in [-0.25, -0.2) is 16.8 Å². The quantitative estimate of drug-likeness (QED) is 0.0729. The van der Waals surface area contributed by atoms with Crippen molar-refractivity contribution in [2.24, 2.45) is 29.5 Å². The number of aromatic hydroxyl groups is 2. The van der Waals surface area contributed by atoms with Crippen molar-refractivity contribution in [3.63, 3.8) is 0 Å². The van der Waals surface area contributed by atoms with E-state index in [4.69, 9.17) is 11.1 Å². The Bertz CT molecular complexity index is 2610. The van der Waals surface area contributed by atoms with Gasteiger partial charge in [-0.1, -0.05) is 48.5 Å². The smallest absolute Gasteiger partial charge is 0.265 e. The molecule has 6 aromatic rings. The summed E-state index contributed by atoms with van der Waals surface area (Å²) in [5, 5.41) is 46.4. The minimum Gasteiger partial charge on any atom is -0.492 e. The highest BCUT2D eigenvalue weighted by Gasteiger charge is 2.26. The van der Waals surface area contributed by atoms with Gasteiger partial charge in [0, 0.05) is 30.0 Å². The third kappa shape index (κ3) is 7.20. The van der Waals surface area contributed by atoms with Crippen LogP contribution in [0.15, 0.2) is 136 Å². The maximum Gasteiger partial charge on any atom is 0.265 e. The molecule has 0 aliphatic rings. The number of aromatic nitrogens is 4. The van der Waals surface area contributed by atoms with Gasteiger partial charge in [0.25, 0.3) is 20.0 Å². The molecular weight excluding hydrogens is 741 g/mol. The molecule has 0 radical (unpaired) electrons. The third-order valence-electron chi connectivity index (χ3n) is 7.61. The fraction of sp³-hybridized carbons (Fsp3) is 0.0625. The van der Waals surface area contributed by atoms with Crippen LogP contribution < -0.4 is 0 Å². The van der Waals surface area contributed by atoms with E-state index in [-0.39, 0.29) is 45.6 Å². The van der Waals surface area contributed by atoms with Crippen LogP contribution in [0.25, 0.3) is 43.4 Å². The average molecular weight is 765 g/mol. The summed E-state index contributed by atoms with van der Waals surface area (Å²) < 4.78 is 61.3. The molecule has 0 saturated heterocycles. The molecule has 20 nitrogen and oxygen atoms in total. The van der Waals surface area contributed by atoms with Crippen LogP contribution in [0.4, 0.5) is 22.7 Å². The number of sulfonamides is 2. The van der Waals surface area contributed by atoms with Crippen molar-refractivity contribution in [2.75, 3.05) is 0 Å². The summed E-state index contributed by atoms with van der Waals surface area (Å²) in [4.78, 5) is 3.43. The number of azide groups is 2. The third-order valence-corrected chi connectivity index (χ3v) is 9.97. The Morgan fingerprint density at radius 2 is 0.944 bits per heavy atom. The number of hydrogen-bond donors (Lipinski definition) is 2. The molecule has 2 N–H and O–H groups in total. The van der Waals surface area contributed by atoms with Crippen LogP contribution >= 0.6 is 0 Å². The van der Waals surface area contributed by atoms with Gasteiger partial charge in [-0.05, 0) is 73.4 Å². The Hall–Kier alpha value is -7.38. The van der Waals surface area contributed by atoms with E-state index in [9.17, 15) is 27.0 Å². The first-order chi connectivity index (χ1) is 25.8. The van der Waals surface area contributed by atoms with Gasteiger partial charge in [-0.15, -0.1) is 10.2 Å². The zero-order valence-electron chi connectivity index (χ0n) is 27.8. The fourth-order valence-corrected chi connectivity index (χ4v) is 6.98. The number of azo groups is 2. The topological polar surface area (TPSA) is 291 Å². The zero-order valence-corrected chi connectivity index (χ0v) is 29.5. The molecule has 0 atom stereocenters. The van der Waals surface area contributed by atoms with Crippen LogP contribution in [0.2, 0.25) is 0 Å². The largest absolute Gasteiger partial charge is 0.492 e. The molecule has 0 unspecified atom stereocenters. The summed E-state index contributed by atoms with van der Waals surface area (Å²) in [6.45, 7) is 3.15. The van der Waals surface area contributed by atoms with Crippen LogP contribution in [0, 0.1) is 13.8 Å². The first-order valence-electron chi connectivity index (χ1n) is 15.3. The fourth-order valence-electron chi connectivity index (χ4n) is 5.16. The summed E-state index contributed by atoms with van der Waals surface area (Å²) >= 11 is 0. The predicted octanol–water partition coefficient (Wildman–Crippen LogP) is 8.58. The maximum absolute atomic E-state index is 13.3. The Kier molecular flexibility index (Phi) is 9.91. The first kappa shape index (κ1) is 36.4. The van der Waals surface area contributed by atoms with Crippen molar-refractivity contribution >= 4 is 42.8 Å². The molecule has 0 aliphatic heterocycles. The van der Waals surface area contributed by atoms with Crippen molar-refractivity contribution in [1.82, 2.24) is 19.6 Å². The van der Waals surface area contributed by atoms with E-state index in [0.717, 1.165) is 12.1 Å². The van der Waals surface area contributed by atoms with Gasteiger partial charge in [0.05, 0.1) is 43.9 Å². The number of para-hydroxylation sites is 2. The van der Waals surface area contributed by atoms with Gasteiger partial charge in [-0.3, -0.25) is 0 Å². The van der Waals surface area contributed by atoms with E-state index in [1.54, 1.807) is 74.5 Å². The van der Waals surface area contributed by atoms with Crippen molar-refractivity contribution in [1.29, 1.82) is 0 Å². The normalized spacial score (nSPS) is 11.8. The van der Waals surface area contributed by atoms with Crippen molar-refractivity contribution in [3.8, 4) is 34.3 Å². The molecule has 4 aromatic carbocycles. The minimum atomic E-state index is -4.84. The van der Waals surface area contributed by atoms with E-state index in [2.05, 4.69) is 49.5 Å². The summed E-state index contributed by atoms with van der Waals surface area (Å²) in [7, 11) is -9.68. The maximum atomic E-state index is 13.3. The number of hydrogen-bond acceptors (Lipinski definition) is 12. The highest BCUT2D eigenvalue weighted by Crippen LogP contribution is 2.40. The molecule has 2 aromatic heterocycles. The highest BCUT2D eigenvalue weighted by molar-refractivity contribution is 7.90. The van der Waals surface area contributed by atoms with E-state index in [0.29, 0.717) is 22.8 Å². The second-order valence-corrected chi connectivity index (χ2v) is 14.2. The molecule has 0 fully saturated rings. The van der Waals surface area contributed by atoms with Gasteiger partial charge >= 0.3 is 0 Å². The second kappa shape index (κ2) is 14.7. The SMILES string of the molecule is Cc1nn(-c2ccccc2)c(O)c1N=Nc1ccc(-c2ccc(N=Nc3c(C)nn(-c4ccccc4)c3O)cc2S(=O)(=O)N=[N+]=[N-])c(S(=O)(=O)N=[N+]=[N-])c1. The second-order valence-electron chi connectivity index (χ2n) is 11.1. The number of aryl methyl sites for hydroxylation is 2. The summed E-state index contributed by atoms with van der Waals surface area (Å²) in [5.41, 5.74) is 18.9. The summed E-state index contributed by atoms with van der Waals surface area (Å²) in [6, 6.07) is 24.3. The van der Waals surface area contributed by atoms with Gasteiger partial charge in [-0.2, -0.15) is 29.8 Å². The lowest BCUT2D eigenvalue weighted by molar-refractivity contribution is 0.434. The Morgan fingerprint density at radius 3 is 1.30 bits per heavy atom. The predicted molar refractivity (Wildman–Crippen MR) is 193 cm³/mol. The minimum absolute atomic E-state index is 0.0224. The van der Waals surface area contributed by atoms with E-state index in [1.807, 2.05) is 0 Å². The van der Waals surface area contributed by atoms with E-state index in [1.165, 1.54) is 33.6 Å². The standard InChI is InChI=1S/C32H24N14O6S2/c1-19-29(31(47)45(39-19)23-9-5-3-6-10-23)37-35-21-13-15-25(27(17-21)53(49,50)43-41-33)26-16-14-22(18-28(26)54(51,52)44-42-34)36-38-30-20(2)40-46(32(30)48)24-11-7-4-8-12-24/h3-18,47-48H,1-2H3. The molecule has 0 amide bonds. The highest BCUT2D eigenvalue weighted by atomic mass is 32.2. The van der Waals surface area contributed by atoms with Crippen molar-refractivity contribution in [3.05, 3.63) is 129 Å². The van der Waals surface area contributed by atoms with Crippen LogP contribution in [-0.2, 0) is 20.0 Å². The molecule has 54 heavy (non-hydrogen) atoms. The molecule has 0 saturated carbocycles. The van der Waals surface area contributed by atoms with E-state index < -0.39 is 29.8 Å². The molecule has 22 heteroatoms. The monoisotopic (exact) mass is 764 g/mol. The number of rotatable bonds is 11. The molecule has 0 bridgehead atoms. The van der Waals surface area contributed by atoms with E-state index >= 15 is 0 Å². The summed E-state index contributed by atoms with van der Waals surface area (Å²) in [6.07, 6.45) is 0. The zero-order chi connectivity index (χ0) is 38.6. The molecule has 2 heterocycles. The molecule has 270 valence electrons. The summed E-state index contributed by atoms with van der Waals surface area (Å²) in [5.74, 6) is -0.692. The molecule has 6 rings (SSSR count). The van der Waals surface area contributed by atoms with Gasteiger partial charge < -0.3 is 10.2 Å². The lowest BCUT2D eigenvalue weighted by Gasteiger charge is -2.13. The lowest BCUT2D eigenvalue weighted by atomic mass is 10.0. The van der Waals surface area contributed by atoms with Crippen LogP contribution in [-0.4, -0.2) is 46.6 Å². The Labute approximate surface area is 305 Å². The van der Waals surface area contributed by atoms with Gasteiger partial charge in [0.2, 0.25) is 11.8 Å². The molecule has 0 aliphatic carbocycles. The Balaban J connectivity index is 1.44. The number of nitrogens with zero attached hydrogens (tertiary/aromatic N) is 14. The van der Waals surface area contributed by atoms with Crippen LogP contribution in [0.1, 0.15) is 11.4 Å². The Morgan fingerprint density at radius 1 is 0.574 bits per heavy atom. The molecular formula is C32H24N14O6S2. The van der Waals surface area contributed by atoms with Crippen molar-refractivity contribution in [2.45, 2.75) is 23.6 Å². The van der Waals surface area contributed by atoms with Crippen LogP contribution in [0.3, 0.4) is 0 Å². The van der Waals surface area contributed by atoms with Gasteiger partial charge in [0.15, 0.2) is 11.4 Å². The average Bonchev–Trinajstić information content (AvgIpc) is 3.61. The van der Waals surface area contributed by atoms with Crippen LogP contribution in [0.5, 0.6) is 11.8 Å². The number of benzene rings is 4. The van der Waals surface area contributed by atoms with Crippen molar-refractivity contribution < 1.29 is 27.0 Å². The lowest BCUT2D eigenvalue weighted by Crippen LogP contribution is -2.03.